The maximum Gasteiger partial charge on any atom is 0.365 e. The summed E-state index contributed by atoms with van der Waals surface area (Å²) in [4.78, 5) is 14.7. The fourth-order valence-corrected chi connectivity index (χ4v) is 2.57. The van der Waals surface area contributed by atoms with E-state index in [-0.39, 0.29) is 17.2 Å². The van der Waals surface area contributed by atoms with Crippen LogP contribution in [0.4, 0.5) is 0 Å². The third-order valence-electron chi connectivity index (χ3n) is 3.13. The third kappa shape index (κ3) is 3.05. The molecule has 0 aromatic carbocycles. The van der Waals surface area contributed by atoms with Gasteiger partial charge in [-0.1, -0.05) is 0 Å². The molecule has 0 saturated carbocycles. The molecule has 0 atom stereocenters. The minimum Gasteiger partial charge on any atom is -0.476 e. The van der Waals surface area contributed by atoms with E-state index in [4.69, 9.17) is 9.84 Å². The van der Waals surface area contributed by atoms with Crippen molar-refractivity contribution in [1.29, 1.82) is 0 Å². The van der Waals surface area contributed by atoms with Gasteiger partial charge < -0.3 is 20.3 Å². The summed E-state index contributed by atoms with van der Waals surface area (Å²) in [6.07, 6.45) is 1.50. The lowest BCUT2D eigenvalue weighted by atomic mass is 9.91. The van der Waals surface area contributed by atoms with Gasteiger partial charge in [-0.15, -0.1) is 11.3 Å². The molecule has 3 N–H and O–H groups in total. The van der Waals surface area contributed by atoms with Crippen molar-refractivity contribution in [3.8, 4) is 0 Å². The number of aliphatic hydroxyl groups excluding tert-OH is 1. The highest BCUT2D eigenvalue weighted by Crippen LogP contribution is 2.21. The monoisotopic (exact) mass is 272 g/mol. The lowest BCUT2D eigenvalue weighted by Crippen LogP contribution is -2.51. The van der Waals surface area contributed by atoms with Gasteiger partial charge in [0.15, 0.2) is 0 Å². The largest absolute Gasteiger partial charge is 0.476 e. The predicted octanol–water partition coefficient (Wildman–Crippen LogP) is 0.472. The van der Waals surface area contributed by atoms with Crippen LogP contribution in [0.15, 0.2) is 5.38 Å². The van der Waals surface area contributed by atoms with Gasteiger partial charge in [0.05, 0.1) is 12.3 Å². The quantitative estimate of drug-likeness (QED) is 0.722. The number of carbonyl (C=O) groups is 1. The van der Waals surface area contributed by atoms with Crippen molar-refractivity contribution in [2.24, 2.45) is 0 Å². The van der Waals surface area contributed by atoms with Gasteiger partial charge in [-0.05, 0) is 12.8 Å². The topological polar surface area (TPSA) is 91.7 Å². The van der Waals surface area contributed by atoms with E-state index < -0.39 is 5.97 Å². The Balaban J connectivity index is 1.94. The number of aromatic nitrogens is 1. The average Bonchev–Trinajstić information content (AvgIpc) is 2.87. The van der Waals surface area contributed by atoms with Crippen LogP contribution in [0.3, 0.4) is 0 Å². The molecular formula is C11H16N2O4S. The fourth-order valence-electron chi connectivity index (χ4n) is 1.92. The molecule has 100 valence electrons. The molecule has 0 aliphatic carbocycles. The maximum absolute atomic E-state index is 10.7. The minimum atomic E-state index is -1.01. The number of aromatic carboxylic acids is 1. The highest BCUT2D eigenvalue weighted by Gasteiger charge is 2.31. The van der Waals surface area contributed by atoms with E-state index in [1.165, 1.54) is 0 Å². The lowest BCUT2D eigenvalue weighted by Gasteiger charge is -2.36. The highest BCUT2D eigenvalue weighted by atomic mass is 32.1. The molecule has 0 unspecified atom stereocenters. The molecule has 18 heavy (non-hydrogen) atoms. The average molecular weight is 272 g/mol. The third-order valence-corrected chi connectivity index (χ3v) is 4.01. The summed E-state index contributed by atoms with van der Waals surface area (Å²) < 4.78 is 5.27. The van der Waals surface area contributed by atoms with Gasteiger partial charge in [0.2, 0.25) is 5.01 Å². The van der Waals surface area contributed by atoms with E-state index >= 15 is 0 Å². The Labute approximate surface area is 109 Å². The van der Waals surface area contributed by atoms with E-state index in [0.717, 1.165) is 24.2 Å². The first-order valence-corrected chi connectivity index (χ1v) is 6.64. The van der Waals surface area contributed by atoms with Crippen LogP contribution in [0.5, 0.6) is 0 Å². The summed E-state index contributed by atoms with van der Waals surface area (Å²) in [5.74, 6) is -1.01. The van der Waals surface area contributed by atoms with Gasteiger partial charge in [-0.2, -0.15) is 0 Å². The number of carboxylic acids is 1. The first-order chi connectivity index (χ1) is 8.65. The number of hydrogen-bond donors (Lipinski definition) is 3. The standard InChI is InChI=1S/C11H16N2O4S/c14-7-11(1-3-17-4-2-11)12-5-8-6-18-9(13-8)10(15)16/h6,12,14H,1-5,7H2,(H,15,16). The zero-order valence-electron chi connectivity index (χ0n) is 9.89. The number of nitrogens with one attached hydrogen (secondary N) is 1. The van der Waals surface area contributed by atoms with Crippen LogP contribution in [0.25, 0.3) is 0 Å². The van der Waals surface area contributed by atoms with Crippen LogP contribution >= 0.6 is 11.3 Å². The normalized spacial score (nSPS) is 18.7. The summed E-state index contributed by atoms with van der Waals surface area (Å²) >= 11 is 1.11. The van der Waals surface area contributed by atoms with Crippen LogP contribution in [-0.2, 0) is 11.3 Å². The highest BCUT2D eigenvalue weighted by molar-refractivity contribution is 7.11. The SMILES string of the molecule is O=C(O)c1nc(CNC2(CO)CCOCC2)cs1. The maximum atomic E-state index is 10.7. The molecular weight excluding hydrogens is 256 g/mol. The van der Waals surface area contributed by atoms with E-state index in [1.54, 1.807) is 5.38 Å². The molecule has 0 radical (unpaired) electrons. The van der Waals surface area contributed by atoms with E-state index in [2.05, 4.69) is 10.3 Å². The summed E-state index contributed by atoms with van der Waals surface area (Å²) in [6.45, 7) is 1.77. The molecule has 1 fully saturated rings. The second-order valence-corrected chi connectivity index (χ2v) is 5.21. The van der Waals surface area contributed by atoms with Crippen LogP contribution in [0, 0.1) is 0 Å². The van der Waals surface area contributed by atoms with Crippen molar-refractivity contribution in [3.05, 3.63) is 16.1 Å². The Kier molecular flexibility index (Phi) is 4.28. The van der Waals surface area contributed by atoms with Crippen molar-refractivity contribution < 1.29 is 19.7 Å². The van der Waals surface area contributed by atoms with E-state index in [1.807, 2.05) is 0 Å². The van der Waals surface area contributed by atoms with Gasteiger partial charge in [-0.3, -0.25) is 0 Å². The van der Waals surface area contributed by atoms with Crippen molar-refractivity contribution in [1.82, 2.24) is 10.3 Å². The molecule has 0 bridgehead atoms. The molecule has 1 aromatic rings. The van der Waals surface area contributed by atoms with Gasteiger partial charge in [0, 0.05) is 30.7 Å². The van der Waals surface area contributed by atoms with Gasteiger partial charge >= 0.3 is 5.97 Å². The molecule has 0 amide bonds. The fraction of sp³-hybridized carbons (Fsp3) is 0.636. The van der Waals surface area contributed by atoms with E-state index in [0.29, 0.717) is 25.5 Å². The molecule has 2 heterocycles. The minimum absolute atomic E-state index is 0.0479. The molecule has 1 aliphatic heterocycles. The summed E-state index contributed by atoms with van der Waals surface area (Å²) in [5, 5.41) is 23.4. The number of hydrogen-bond acceptors (Lipinski definition) is 6. The Morgan fingerprint density at radius 2 is 2.28 bits per heavy atom. The summed E-state index contributed by atoms with van der Waals surface area (Å²) in [6, 6.07) is 0. The van der Waals surface area contributed by atoms with Crippen LogP contribution < -0.4 is 5.32 Å². The van der Waals surface area contributed by atoms with Crippen molar-refractivity contribution in [2.75, 3.05) is 19.8 Å². The molecule has 1 aromatic heterocycles. The van der Waals surface area contributed by atoms with E-state index in [9.17, 15) is 9.90 Å². The molecule has 1 aliphatic rings. The zero-order chi connectivity index (χ0) is 13.0. The lowest BCUT2D eigenvalue weighted by molar-refractivity contribution is 0.0110. The number of carboxylic acid groups (broad SMARTS) is 1. The molecule has 6 nitrogen and oxygen atoms in total. The second kappa shape index (κ2) is 5.75. The zero-order valence-corrected chi connectivity index (χ0v) is 10.7. The van der Waals surface area contributed by atoms with Gasteiger partial charge in [0.25, 0.3) is 0 Å². The molecule has 1 saturated heterocycles. The second-order valence-electron chi connectivity index (χ2n) is 4.35. The van der Waals surface area contributed by atoms with Gasteiger partial charge in [0.1, 0.15) is 0 Å². The van der Waals surface area contributed by atoms with Crippen molar-refractivity contribution >= 4 is 17.3 Å². The van der Waals surface area contributed by atoms with Crippen molar-refractivity contribution in [2.45, 2.75) is 24.9 Å². The first kappa shape index (κ1) is 13.4. The van der Waals surface area contributed by atoms with Crippen LogP contribution in [0.1, 0.15) is 28.3 Å². The summed E-state index contributed by atoms with van der Waals surface area (Å²) in [5.41, 5.74) is 0.363. The summed E-state index contributed by atoms with van der Waals surface area (Å²) in [7, 11) is 0. The number of thiazole rings is 1. The smallest absolute Gasteiger partial charge is 0.365 e. The van der Waals surface area contributed by atoms with Crippen molar-refractivity contribution in [3.63, 3.8) is 0 Å². The molecule has 0 spiro atoms. The Bertz CT molecular complexity index is 415. The predicted molar refractivity (Wildman–Crippen MR) is 65.8 cm³/mol. The number of nitrogens with zero attached hydrogens (tertiary/aromatic N) is 1. The Hall–Kier alpha value is -1.02. The Morgan fingerprint density at radius 3 is 2.83 bits per heavy atom. The molecule has 2 rings (SSSR count). The number of ether oxygens (including phenoxy) is 1. The first-order valence-electron chi connectivity index (χ1n) is 5.76. The Morgan fingerprint density at radius 1 is 1.56 bits per heavy atom. The van der Waals surface area contributed by atoms with Crippen LogP contribution in [-0.4, -0.2) is 46.5 Å². The number of rotatable bonds is 5. The van der Waals surface area contributed by atoms with Crippen LogP contribution in [0.2, 0.25) is 0 Å². The molecule has 7 heteroatoms. The number of aliphatic hydroxyl groups is 1. The van der Waals surface area contributed by atoms with Gasteiger partial charge in [-0.25, -0.2) is 9.78 Å².